The third kappa shape index (κ3) is 3.83. The molecule has 0 spiro atoms. The van der Waals surface area contributed by atoms with Crippen LogP contribution in [0.5, 0.6) is 0 Å². The molecule has 1 saturated heterocycles. The molecule has 0 N–H and O–H groups in total. The quantitative estimate of drug-likeness (QED) is 0.185. The van der Waals surface area contributed by atoms with Crippen LogP contribution in [0.4, 0.5) is 0 Å². The van der Waals surface area contributed by atoms with Crippen LogP contribution in [0.2, 0.25) is 15.1 Å². The average Bonchev–Trinajstić information content (AvgIpc) is 3.25. The maximum absolute atomic E-state index is 13.9. The Bertz CT molecular complexity index is 1480. The second-order valence-corrected chi connectivity index (χ2v) is 13.5. The number of ketones is 1. The molecular weight excluding hydrogens is 699 g/mol. The highest BCUT2D eigenvalue weighted by Crippen LogP contribution is 2.77. The number of amides is 3. The number of carbonyl (C=O) groups excluding carboxylic acids is 4. The minimum Gasteiger partial charge on any atom is -0.292 e. The fourth-order valence-corrected chi connectivity index (χ4v) is 8.82. The molecule has 1 aliphatic heterocycles. The highest BCUT2D eigenvalue weighted by molar-refractivity contribution is 6.67. The molecule has 5 rings (SSSR count). The van der Waals surface area contributed by atoms with Crippen molar-refractivity contribution in [2.45, 2.75) is 14.1 Å². The summed E-state index contributed by atoms with van der Waals surface area (Å²) in [5, 5.41) is 0.775. The summed E-state index contributed by atoms with van der Waals surface area (Å²) in [4.78, 5) is 50.7. The number of allylic oxidation sites excluding steroid dienone is 2. The minimum atomic E-state index is -2.17. The van der Waals surface area contributed by atoms with E-state index in [1.807, 2.05) is 0 Å². The molecule has 2 aromatic carbocycles. The topological polar surface area (TPSA) is 74.8 Å². The number of halogens is 9. The van der Waals surface area contributed by atoms with Crippen molar-refractivity contribution in [1.29, 1.82) is 0 Å². The number of hydrogen-bond acceptors (Lipinski definition) is 4. The number of nitrogens with zero attached hydrogens (tertiary/aromatic N) is 2. The third-order valence-corrected chi connectivity index (χ3v) is 12.1. The van der Waals surface area contributed by atoms with Gasteiger partial charge in [0, 0.05) is 10.6 Å². The van der Waals surface area contributed by atoms with Gasteiger partial charge in [-0.15, -0.1) is 23.2 Å². The van der Waals surface area contributed by atoms with Crippen LogP contribution < -0.4 is 0 Å². The van der Waals surface area contributed by atoms with Crippen molar-refractivity contribution in [2.24, 2.45) is 11.8 Å². The van der Waals surface area contributed by atoms with Crippen molar-refractivity contribution in [3.8, 4) is 0 Å². The fraction of sp³-hybridized carbons (Fsp3) is 0.250. The van der Waals surface area contributed by atoms with Gasteiger partial charge in [0.2, 0.25) is 0 Å². The van der Waals surface area contributed by atoms with E-state index in [-0.39, 0.29) is 36.3 Å². The van der Waals surface area contributed by atoms with Crippen LogP contribution in [-0.4, -0.2) is 54.1 Å². The summed E-state index contributed by atoms with van der Waals surface area (Å²) in [6.45, 7) is -0.811. The first-order valence-electron chi connectivity index (χ1n) is 10.9. The molecule has 2 aliphatic carbocycles. The summed E-state index contributed by atoms with van der Waals surface area (Å²) in [6, 6.07) is 9.95. The lowest BCUT2D eigenvalue weighted by atomic mass is 9.84. The van der Waals surface area contributed by atoms with Crippen LogP contribution in [0.25, 0.3) is 0 Å². The van der Waals surface area contributed by atoms with Crippen LogP contribution in [0.3, 0.4) is 0 Å². The van der Waals surface area contributed by atoms with Crippen LogP contribution in [0.15, 0.2) is 52.5 Å². The summed E-state index contributed by atoms with van der Waals surface area (Å²) < 4.78 is -2.17. The fourth-order valence-electron chi connectivity index (χ4n) is 5.16. The van der Waals surface area contributed by atoms with Crippen molar-refractivity contribution in [1.82, 2.24) is 10.0 Å². The van der Waals surface area contributed by atoms with Gasteiger partial charge >= 0.3 is 0 Å². The Morgan fingerprint density at radius 1 is 0.769 bits per heavy atom. The van der Waals surface area contributed by atoms with Gasteiger partial charge in [0.25, 0.3) is 17.7 Å². The molecule has 1 saturated carbocycles. The average molecular weight is 710 g/mol. The van der Waals surface area contributed by atoms with Crippen LogP contribution in [0, 0.1) is 11.8 Å². The predicted molar refractivity (Wildman–Crippen MR) is 152 cm³/mol. The van der Waals surface area contributed by atoms with E-state index in [0.29, 0.717) is 10.0 Å². The van der Waals surface area contributed by atoms with E-state index in [4.69, 9.17) is 104 Å². The van der Waals surface area contributed by atoms with Gasteiger partial charge in [0.1, 0.15) is 16.3 Å². The highest BCUT2D eigenvalue weighted by atomic mass is 35.5. The largest absolute Gasteiger partial charge is 0.292 e. The lowest BCUT2D eigenvalue weighted by Gasteiger charge is -2.36. The molecule has 3 aliphatic rings. The second kappa shape index (κ2) is 9.82. The zero-order valence-electron chi connectivity index (χ0n) is 18.8. The summed E-state index contributed by atoms with van der Waals surface area (Å²) >= 11 is 57.7. The summed E-state index contributed by atoms with van der Waals surface area (Å²) in [5.74, 6) is -6.77. The maximum Gasteiger partial charge on any atom is 0.274 e. The molecule has 1 heterocycles. The highest BCUT2D eigenvalue weighted by Gasteiger charge is 2.88. The third-order valence-electron chi connectivity index (χ3n) is 6.99. The van der Waals surface area contributed by atoms with Crippen molar-refractivity contribution in [2.75, 3.05) is 6.54 Å². The number of alkyl halides is 4. The molecule has 0 aromatic heterocycles. The minimum absolute atomic E-state index is 0.000232. The van der Waals surface area contributed by atoms with E-state index in [0.717, 1.165) is 0 Å². The Hall–Kier alpha value is -0.930. The molecule has 2 bridgehead atoms. The van der Waals surface area contributed by atoms with E-state index < -0.39 is 56.0 Å². The summed E-state index contributed by atoms with van der Waals surface area (Å²) in [5.41, 5.74) is -0.123. The molecule has 39 heavy (non-hydrogen) atoms. The molecule has 4 atom stereocenters. The predicted octanol–water partition coefficient (Wildman–Crippen LogP) is 7.33. The van der Waals surface area contributed by atoms with Crippen LogP contribution in [-0.2, 0) is 9.59 Å². The Kier molecular flexibility index (Phi) is 7.45. The first-order chi connectivity index (χ1) is 18.1. The zero-order valence-corrected chi connectivity index (χ0v) is 25.6. The molecule has 15 heteroatoms. The number of rotatable bonds is 5. The lowest BCUT2D eigenvalue weighted by molar-refractivity contribution is -0.154. The Labute approximate surface area is 266 Å². The van der Waals surface area contributed by atoms with Crippen LogP contribution in [0.1, 0.15) is 20.7 Å². The molecule has 0 radical (unpaired) electrons. The van der Waals surface area contributed by atoms with Gasteiger partial charge in [0.05, 0.1) is 37.5 Å². The van der Waals surface area contributed by atoms with Gasteiger partial charge in [-0.05, 0) is 30.3 Å². The van der Waals surface area contributed by atoms with E-state index in [2.05, 4.69) is 0 Å². The molecule has 3 amide bonds. The molecular formula is C24H11Cl9N2O4. The standard InChI is InChI=1S/C24H11Cl9N2O4/c25-9-5-6-10(13(27)7-9)14(36)8-34(19(37)11-3-1-2-4-12(11)26)35-20(38)15-16(21(35)39)23(31)18(29)17(28)22(15,30)24(23,32)33/h1-7,15-16H,8H2/t15-,16-,22-,23-/m1/s1. The molecule has 2 fully saturated rings. The van der Waals surface area contributed by atoms with Crippen molar-refractivity contribution in [3.05, 3.63) is 78.7 Å². The second-order valence-electron chi connectivity index (χ2n) is 8.96. The molecule has 6 nitrogen and oxygen atoms in total. The number of fused-ring (bicyclic) bond motifs is 5. The monoisotopic (exact) mass is 706 g/mol. The first-order valence-corrected chi connectivity index (χ1v) is 14.3. The number of hydrazine groups is 1. The number of carbonyl (C=O) groups is 4. The molecule has 2 aromatic rings. The van der Waals surface area contributed by atoms with Gasteiger partial charge in [-0.25, -0.2) is 5.01 Å². The van der Waals surface area contributed by atoms with Crippen LogP contribution >= 0.6 is 104 Å². The van der Waals surface area contributed by atoms with Crippen molar-refractivity contribution < 1.29 is 19.2 Å². The van der Waals surface area contributed by atoms with E-state index in [1.54, 1.807) is 6.07 Å². The number of hydrogen-bond donors (Lipinski definition) is 0. The van der Waals surface area contributed by atoms with Crippen molar-refractivity contribution in [3.63, 3.8) is 0 Å². The normalized spacial score (nSPS) is 28.8. The summed E-state index contributed by atoms with van der Waals surface area (Å²) in [6.07, 6.45) is 0. The Balaban J connectivity index is 1.62. The number of Topliss-reactive ketones (excluding diaryl/α,β-unsaturated/α-hetero) is 1. The lowest BCUT2D eigenvalue weighted by Crippen LogP contribution is -2.56. The first kappa shape index (κ1) is 29.6. The summed E-state index contributed by atoms with van der Waals surface area (Å²) in [7, 11) is 0. The van der Waals surface area contributed by atoms with E-state index in [9.17, 15) is 19.2 Å². The molecule has 204 valence electrons. The molecule has 0 unspecified atom stereocenters. The van der Waals surface area contributed by atoms with Gasteiger partial charge in [-0.2, -0.15) is 5.01 Å². The van der Waals surface area contributed by atoms with Gasteiger partial charge in [-0.1, -0.05) is 93.3 Å². The smallest absolute Gasteiger partial charge is 0.274 e. The van der Waals surface area contributed by atoms with Crippen molar-refractivity contribution >= 4 is 128 Å². The van der Waals surface area contributed by atoms with Gasteiger partial charge in [0.15, 0.2) is 10.1 Å². The number of imide groups is 1. The van der Waals surface area contributed by atoms with E-state index in [1.165, 1.54) is 36.4 Å². The maximum atomic E-state index is 13.9. The zero-order chi connectivity index (χ0) is 28.8. The Morgan fingerprint density at radius 2 is 1.31 bits per heavy atom. The SMILES string of the molecule is O=C(CN(C(=O)c1ccccc1Cl)N1C(=O)[C@H]2[C@H](C1=O)[C@@]1(Cl)C(Cl)=C(Cl)[C@@]2(Cl)C1(Cl)Cl)c1ccc(Cl)cc1Cl. The van der Waals surface area contributed by atoms with Gasteiger partial charge in [-0.3, -0.25) is 19.2 Å². The number of benzene rings is 2. The van der Waals surface area contributed by atoms with Gasteiger partial charge < -0.3 is 0 Å². The van der Waals surface area contributed by atoms with E-state index >= 15 is 0 Å². The Morgan fingerprint density at radius 3 is 1.82 bits per heavy atom.